The van der Waals surface area contributed by atoms with Gasteiger partial charge in [-0.05, 0) is 35.2 Å². The van der Waals surface area contributed by atoms with E-state index in [9.17, 15) is 4.79 Å². The van der Waals surface area contributed by atoms with E-state index < -0.39 is 0 Å². The Labute approximate surface area is 149 Å². The summed E-state index contributed by atoms with van der Waals surface area (Å²) >= 11 is 1.68. The van der Waals surface area contributed by atoms with Gasteiger partial charge in [0, 0.05) is 29.8 Å². The van der Waals surface area contributed by atoms with E-state index in [0.29, 0.717) is 13.1 Å². The molecule has 0 aliphatic rings. The number of hydrogen-bond acceptors (Lipinski definition) is 3. The lowest BCUT2D eigenvalue weighted by atomic mass is 10.2. The minimum atomic E-state index is -0.0111. The maximum Gasteiger partial charge on any atom is 0.240 e. The highest BCUT2D eigenvalue weighted by atomic mass is 32.1. The van der Waals surface area contributed by atoms with Crippen LogP contribution in [0.2, 0.25) is 0 Å². The van der Waals surface area contributed by atoms with Crippen LogP contribution in [0.3, 0.4) is 0 Å². The number of nitrogens with zero attached hydrogens (tertiary/aromatic N) is 2. The molecular formula is C20H17N3OS. The van der Waals surface area contributed by atoms with Crippen molar-refractivity contribution >= 4 is 28.1 Å². The Balaban J connectivity index is 1.60. The van der Waals surface area contributed by atoms with Crippen molar-refractivity contribution in [1.82, 2.24) is 14.9 Å². The molecule has 1 aromatic carbocycles. The largest absolute Gasteiger partial charge is 0.350 e. The van der Waals surface area contributed by atoms with Crippen LogP contribution in [0.25, 0.3) is 21.5 Å². The van der Waals surface area contributed by atoms with Crippen LogP contribution in [-0.4, -0.2) is 15.5 Å². The SMILES string of the molecule is O=C(Cn1c(-c2cccs2)cc2ccccc21)NCc1cccnc1. The number of carbonyl (C=O) groups is 1. The molecule has 0 aliphatic heterocycles. The molecule has 0 saturated carbocycles. The highest BCUT2D eigenvalue weighted by Crippen LogP contribution is 2.31. The van der Waals surface area contributed by atoms with Gasteiger partial charge in [0.15, 0.2) is 0 Å². The molecule has 3 heterocycles. The van der Waals surface area contributed by atoms with Gasteiger partial charge >= 0.3 is 0 Å². The second kappa shape index (κ2) is 6.91. The van der Waals surface area contributed by atoms with E-state index in [-0.39, 0.29) is 5.91 Å². The van der Waals surface area contributed by atoms with Crippen LogP contribution in [-0.2, 0) is 17.9 Å². The second-order valence-corrected chi connectivity index (χ2v) is 6.74. The van der Waals surface area contributed by atoms with Gasteiger partial charge in [-0.15, -0.1) is 11.3 Å². The summed E-state index contributed by atoms with van der Waals surface area (Å²) in [6, 6.07) is 18.3. The van der Waals surface area contributed by atoms with E-state index in [0.717, 1.165) is 27.0 Å². The number of para-hydroxylation sites is 1. The number of nitrogens with one attached hydrogen (secondary N) is 1. The molecule has 4 nitrogen and oxygen atoms in total. The molecule has 0 aliphatic carbocycles. The molecule has 4 aromatic rings. The lowest BCUT2D eigenvalue weighted by Crippen LogP contribution is -2.27. The summed E-state index contributed by atoms with van der Waals surface area (Å²) in [5.41, 5.74) is 3.14. The third kappa shape index (κ3) is 3.32. The monoisotopic (exact) mass is 347 g/mol. The van der Waals surface area contributed by atoms with Crippen LogP contribution >= 0.6 is 11.3 Å². The fourth-order valence-electron chi connectivity index (χ4n) is 2.91. The zero-order chi connectivity index (χ0) is 17.1. The number of carbonyl (C=O) groups excluding carboxylic acids is 1. The summed E-state index contributed by atoms with van der Waals surface area (Å²) in [5.74, 6) is -0.0111. The summed E-state index contributed by atoms with van der Waals surface area (Å²) < 4.78 is 2.08. The zero-order valence-electron chi connectivity index (χ0n) is 13.6. The molecule has 0 atom stereocenters. The first kappa shape index (κ1) is 15.6. The van der Waals surface area contributed by atoms with Crippen molar-refractivity contribution in [2.45, 2.75) is 13.1 Å². The van der Waals surface area contributed by atoms with Gasteiger partial charge in [-0.2, -0.15) is 0 Å². The van der Waals surface area contributed by atoms with E-state index >= 15 is 0 Å². The van der Waals surface area contributed by atoms with Gasteiger partial charge in [0.25, 0.3) is 0 Å². The number of pyridine rings is 1. The quantitative estimate of drug-likeness (QED) is 0.591. The summed E-state index contributed by atoms with van der Waals surface area (Å²) in [4.78, 5) is 17.7. The lowest BCUT2D eigenvalue weighted by Gasteiger charge is -2.10. The summed E-state index contributed by atoms with van der Waals surface area (Å²) in [6.07, 6.45) is 3.49. The average Bonchev–Trinajstić information content (AvgIpc) is 3.29. The van der Waals surface area contributed by atoms with E-state index in [4.69, 9.17) is 0 Å². The van der Waals surface area contributed by atoms with Gasteiger partial charge in [-0.1, -0.05) is 30.3 Å². The molecule has 0 radical (unpaired) electrons. The van der Waals surface area contributed by atoms with Crippen LogP contribution in [0.5, 0.6) is 0 Å². The standard InChI is InChI=1S/C20H17N3OS/c24-20(22-13-15-5-3-9-21-12-15)14-23-17-7-2-1-6-16(17)11-18(23)19-8-4-10-25-19/h1-12H,13-14H2,(H,22,24). The summed E-state index contributed by atoms with van der Waals surface area (Å²) in [6.45, 7) is 0.779. The van der Waals surface area contributed by atoms with Gasteiger partial charge in [0.05, 0.1) is 10.6 Å². The molecule has 4 rings (SSSR count). The number of benzene rings is 1. The number of fused-ring (bicyclic) bond motifs is 1. The molecule has 0 fully saturated rings. The Morgan fingerprint density at radius 3 is 2.84 bits per heavy atom. The maximum absolute atomic E-state index is 12.5. The maximum atomic E-state index is 12.5. The van der Waals surface area contributed by atoms with Crippen LogP contribution in [0.1, 0.15) is 5.56 Å². The molecule has 5 heteroatoms. The van der Waals surface area contributed by atoms with Crippen molar-refractivity contribution in [3.05, 3.63) is 77.9 Å². The van der Waals surface area contributed by atoms with Crippen molar-refractivity contribution in [1.29, 1.82) is 0 Å². The number of hydrogen-bond donors (Lipinski definition) is 1. The number of amides is 1. The molecule has 1 amide bonds. The Morgan fingerprint density at radius 1 is 1.12 bits per heavy atom. The first-order valence-electron chi connectivity index (χ1n) is 8.09. The van der Waals surface area contributed by atoms with E-state index in [1.54, 1.807) is 23.7 Å². The van der Waals surface area contributed by atoms with Crippen molar-refractivity contribution in [2.24, 2.45) is 0 Å². The van der Waals surface area contributed by atoms with Crippen molar-refractivity contribution in [2.75, 3.05) is 0 Å². The normalized spacial score (nSPS) is 10.9. The van der Waals surface area contributed by atoms with Crippen LogP contribution in [0, 0.1) is 0 Å². The summed E-state index contributed by atoms with van der Waals surface area (Å²) in [7, 11) is 0. The predicted octanol–water partition coefficient (Wildman–Crippen LogP) is 4.08. The third-order valence-electron chi connectivity index (χ3n) is 4.10. The van der Waals surface area contributed by atoms with Gasteiger partial charge in [-0.25, -0.2) is 0 Å². The first-order valence-corrected chi connectivity index (χ1v) is 8.97. The number of rotatable bonds is 5. The number of thiophene rings is 1. The van der Waals surface area contributed by atoms with Gasteiger partial charge in [-0.3, -0.25) is 9.78 Å². The van der Waals surface area contributed by atoms with Gasteiger partial charge < -0.3 is 9.88 Å². The van der Waals surface area contributed by atoms with Crippen LogP contribution in [0.4, 0.5) is 0 Å². The smallest absolute Gasteiger partial charge is 0.240 e. The molecular weight excluding hydrogens is 330 g/mol. The highest BCUT2D eigenvalue weighted by molar-refractivity contribution is 7.13. The van der Waals surface area contributed by atoms with E-state index in [2.05, 4.69) is 44.5 Å². The van der Waals surface area contributed by atoms with Crippen molar-refractivity contribution in [3.63, 3.8) is 0 Å². The van der Waals surface area contributed by atoms with E-state index in [1.807, 2.05) is 30.3 Å². The van der Waals surface area contributed by atoms with Crippen molar-refractivity contribution in [3.8, 4) is 10.6 Å². The lowest BCUT2D eigenvalue weighted by molar-refractivity contribution is -0.121. The molecule has 25 heavy (non-hydrogen) atoms. The molecule has 0 unspecified atom stereocenters. The third-order valence-corrected chi connectivity index (χ3v) is 4.99. The second-order valence-electron chi connectivity index (χ2n) is 5.79. The molecule has 0 saturated heterocycles. The molecule has 124 valence electrons. The van der Waals surface area contributed by atoms with Gasteiger partial charge in [0.1, 0.15) is 6.54 Å². The fraction of sp³-hybridized carbons (Fsp3) is 0.100. The fourth-order valence-corrected chi connectivity index (χ4v) is 3.66. The van der Waals surface area contributed by atoms with Crippen molar-refractivity contribution < 1.29 is 4.79 Å². The predicted molar refractivity (Wildman–Crippen MR) is 101 cm³/mol. The van der Waals surface area contributed by atoms with E-state index in [1.165, 1.54) is 0 Å². The zero-order valence-corrected chi connectivity index (χ0v) is 14.4. The Bertz CT molecular complexity index is 990. The van der Waals surface area contributed by atoms with Gasteiger partial charge in [0.2, 0.25) is 5.91 Å². The Morgan fingerprint density at radius 2 is 2.04 bits per heavy atom. The molecule has 3 aromatic heterocycles. The highest BCUT2D eigenvalue weighted by Gasteiger charge is 2.14. The Hall–Kier alpha value is -2.92. The molecule has 0 spiro atoms. The topological polar surface area (TPSA) is 46.9 Å². The first-order chi connectivity index (χ1) is 12.3. The average molecular weight is 347 g/mol. The number of aromatic nitrogens is 2. The molecule has 1 N–H and O–H groups in total. The van der Waals surface area contributed by atoms with Crippen LogP contribution in [0.15, 0.2) is 72.4 Å². The minimum Gasteiger partial charge on any atom is -0.350 e. The van der Waals surface area contributed by atoms with Crippen LogP contribution < -0.4 is 5.32 Å². The Kier molecular flexibility index (Phi) is 4.31. The molecule has 0 bridgehead atoms. The summed E-state index contributed by atoms with van der Waals surface area (Å²) in [5, 5.41) is 6.18. The minimum absolute atomic E-state index is 0.0111.